The van der Waals surface area contributed by atoms with Crippen molar-refractivity contribution in [2.24, 2.45) is 0 Å². The van der Waals surface area contributed by atoms with Crippen LogP contribution in [0.4, 0.5) is 5.13 Å². The fourth-order valence-corrected chi connectivity index (χ4v) is 6.56. The first-order valence-corrected chi connectivity index (χ1v) is 15.5. The summed E-state index contributed by atoms with van der Waals surface area (Å²) in [7, 11) is 3.39. The molecule has 0 N–H and O–H groups in total. The minimum Gasteiger partial charge on any atom is -0.493 e. The molecule has 0 atom stereocenters. The average molecular weight is 577 g/mol. The molecular weight excluding hydrogens is 536 g/mol. The van der Waals surface area contributed by atoms with E-state index in [4.69, 9.17) is 14.5 Å². The van der Waals surface area contributed by atoms with Gasteiger partial charge in [0.1, 0.15) is 0 Å². The fourth-order valence-electron chi connectivity index (χ4n) is 4.04. The zero-order chi connectivity index (χ0) is 28.6. The summed E-state index contributed by atoms with van der Waals surface area (Å²) >= 11 is 1.39. The quantitative estimate of drug-likeness (QED) is 0.248. The van der Waals surface area contributed by atoms with Gasteiger partial charge in [0.2, 0.25) is 10.0 Å². The molecule has 214 valence electrons. The van der Waals surface area contributed by atoms with Crippen molar-refractivity contribution in [1.82, 2.24) is 14.2 Å². The number of amides is 1. The first-order valence-electron chi connectivity index (χ1n) is 13.3. The lowest BCUT2D eigenvalue weighted by Gasteiger charge is -2.23. The van der Waals surface area contributed by atoms with Crippen LogP contribution in [-0.2, 0) is 10.0 Å². The average Bonchev–Trinajstić information content (AvgIpc) is 3.34. The number of unbranched alkanes of at least 4 members (excludes halogenated alkanes) is 2. The van der Waals surface area contributed by atoms with Crippen LogP contribution in [0.15, 0.2) is 41.3 Å². The number of hydrogen-bond acceptors (Lipinski definition) is 8. The Hall–Kier alpha value is -2.73. The molecule has 39 heavy (non-hydrogen) atoms. The second-order valence-corrected chi connectivity index (χ2v) is 12.5. The highest BCUT2D eigenvalue weighted by molar-refractivity contribution is 7.89. The summed E-state index contributed by atoms with van der Waals surface area (Å²) in [4.78, 5) is 22.3. The topological polar surface area (TPSA) is 92.3 Å². The monoisotopic (exact) mass is 576 g/mol. The van der Waals surface area contributed by atoms with E-state index in [9.17, 15) is 13.2 Å². The summed E-state index contributed by atoms with van der Waals surface area (Å²) in [6.07, 6.45) is 3.44. The van der Waals surface area contributed by atoms with Crippen LogP contribution in [0.25, 0.3) is 10.2 Å². The zero-order valence-corrected chi connectivity index (χ0v) is 25.4. The van der Waals surface area contributed by atoms with E-state index in [1.54, 1.807) is 41.6 Å². The third-order valence-electron chi connectivity index (χ3n) is 6.39. The highest BCUT2D eigenvalue weighted by atomic mass is 32.2. The zero-order valence-electron chi connectivity index (χ0n) is 23.8. The van der Waals surface area contributed by atoms with Crippen molar-refractivity contribution in [3.8, 4) is 11.5 Å². The van der Waals surface area contributed by atoms with Crippen LogP contribution < -0.4 is 14.4 Å². The number of likely N-dealkylation sites (N-methyl/N-ethyl adjacent to an activating group) is 1. The summed E-state index contributed by atoms with van der Waals surface area (Å²) < 4.78 is 40.0. The van der Waals surface area contributed by atoms with Crippen LogP contribution in [-0.4, -0.2) is 83.0 Å². The molecule has 0 bridgehead atoms. The van der Waals surface area contributed by atoms with E-state index in [1.807, 2.05) is 38.9 Å². The summed E-state index contributed by atoms with van der Waals surface area (Å²) in [6, 6.07) is 9.90. The van der Waals surface area contributed by atoms with Crippen LogP contribution in [0.3, 0.4) is 0 Å². The molecule has 0 radical (unpaired) electrons. The van der Waals surface area contributed by atoms with Crippen molar-refractivity contribution in [3.05, 3.63) is 42.0 Å². The third kappa shape index (κ3) is 7.47. The molecular formula is C28H40N4O5S2. The molecule has 9 nitrogen and oxygen atoms in total. The van der Waals surface area contributed by atoms with Gasteiger partial charge in [-0.25, -0.2) is 13.4 Å². The van der Waals surface area contributed by atoms with Crippen molar-refractivity contribution in [1.29, 1.82) is 0 Å². The lowest BCUT2D eigenvalue weighted by Crippen LogP contribution is -2.37. The maximum Gasteiger partial charge on any atom is 0.260 e. The number of sulfonamides is 1. The number of anilines is 1. The summed E-state index contributed by atoms with van der Waals surface area (Å²) in [5, 5.41) is 0.550. The predicted molar refractivity (Wildman–Crippen MR) is 158 cm³/mol. The molecule has 0 unspecified atom stereocenters. The number of rotatable bonds is 15. The number of thiazole rings is 1. The molecule has 0 spiro atoms. The summed E-state index contributed by atoms with van der Waals surface area (Å²) in [5.41, 5.74) is 1.10. The molecule has 0 aliphatic heterocycles. The minimum absolute atomic E-state index is 0.199. The number of aromatic nitrogens is 1. The van der Waals surface area contributed by atoms with Gasteiger partial charge in [-0.3, -0.25) is 9.69 Å². The summed E-state index contributed by atoms with van der Waals surface area (Å²) in [5.74, 6) is 0.916. The number of methoxy groups -OCH3 is 2. The second kappa shape index (κ2) is 14.1. The molecule has 0 aliphatic carbocycles. The van der Waals surface area contributed by atoms with Crippen LogP contribution in [0.1, 0.15) is 49.9 Å². The van der Waals surface area contributed by atoms with Crippen LogP contribution in [0.5, 0.6) is 11.5 Å². The number of hydrogen-bond donors (Lipinski definition) is 0. The van der Waals surface area contributed by atoms with E-state index in [2.05, 4.69) is 0 Å². The van der Waals surface area contributed by atoms with Gasteiger partial charge in [0, 0.05) is 43.9 Å². The maximum absolute atomic E-state index is 13.7. The van der Waals surface area contributed by atoms with Gasteiger partial charge in [0.25, 0.3) is 5.91 Å². The SMILES string of the molecule is CCCCN(CCCC)S(=O)(=O)c1ccc(C(=O)N(CCN(C)C)c2nc3cc(OC)c(OC)cc3s2)cc1. The van der Waals surface area contributed by atoms with Gasteiger partial charge >= 0.3 is 0 Å². The van der Waals surface area contributed by atoms with Crippen LogP contribution in [0, 0.1) is 0 Å². The Morgan fingerprint density at radius 3 is 2.03 bits per heavy atom. The van der Waals surface area contributed by atoms with Gasteiger partial charge < -0.3 is 14.4 Å². The fraction of sp³-hybridized carbons (Fsp3) is 0.500. The molecule has 2 aromatic carbocycles. The molecule has 0 fully saturated rings. The molecule has 1 aromatic heterocycles. The number of carbonyl (C=O) groups is 1. The van der Waals surface area contributed by atoms with Crippen molar-refractivity contribution >= 4 is 42.6 Å². The van der Waals surface area contributed by atoms with Crippen molar-refractivity contribution < 1.29 is 22.7 Å². The van der Waals surface area contributed by atoms with Gasteiger partial charge in [-0.1, -0.05) is 38.0 Å². The summed E-state index contributed by atoms with van der Waals surface area (Å²) in [6.45, 7) is 6.12. The molecule has 0 saturated carbocycles. The molecule has 1 amide bonds. The van der Waals surface area contributed by atoms with Crippen LogP contribution >= 0.6 is 11.3 Å². The second-order valence-electron chi connectivity index (χ2n) is 9.57. The molecule has 3 rings (SSSR count). The number of ether oxygens (including phenoxy) is 2. The highest BCUT2D eigenvalue weighted by Crippen LogP contribution is 2.37. The smallest absolute Gasteiger partial charge is 0.260 e. The molecule has 11 heteroatoms. The Bertz CT molecular complexity index is 1290. The van der Waals surface area contributed by atoms with E-state index >= 15 is 0 Å². The Labute approximate surface area is 236 Å². The van der Waals surface area contributed by atoms with Gasteiger partial charge in [-0.2, -0.15) is 4.31 Å². The van der Waals surface area contributed by atoms with Crippen molar-refractivity contribution in [2.45, 2.75) is 44.4 Å². The first-order chi connectivity index (χ1) is 18.7. The molecule has 3 aromatic rings. The third-order valence-corrected chi connectivity index (χ3v) is 9.34. The predicted octanol–water partition coefficient (Wildman–Crippen LogP) is 5.11. The van der Waals surface area contributed by atoms with E-state index in [-0.39, 0.29) is 10.8 Å². The molecule has 0 aliphatic rings. The molecule has 1 heterocycles. The highest BCUT2D eigenvalue weighted by Gasteiger charge is 2.26. The largest absolute Gasteiger partial charge is 0.493 e. The maximum atomic E-state index is 13.7. The van der Waals surface area contributed by atoms with Gasteiger partial charge in [0.15, 0.2) is 16.6 Å². The molecule has 0 saturated heterocycles. The number of carbonyl (C=O) groups excluding carboxylic acids is 1. The van der Waals surface area contributed by atoms with Gasteiger partial charge in [0.05, 0.1) is 29.3 Å². The Kier molecular flexibility index (Phi) is 11.1. The van der Waals surface area contributed by atoms with E-state index in [0.717, 1.165) is 30.4 Å². The van der Waals surface area contributed by atoms with Gasteiger partial charge in [-0.05, 0) is 51.2 Å². The van der Waals surface area contributed by atoms with Crippen LogP contribution in [0.2, 0.25) is 0 Å². The minimum atomic E-state index is -3.64. The lowest BCUT2D eigenvalue weighted by molar-refractivity contribution is 0.0985. The van der Waals surface area contributed by atoms with Crippen molar-refractivity contribution in [2.75, 3.05) is 59.4 Å². The van der Waals surface area contributed by atoms with Crippen molar-refractivity contribution in [3.63, 3.8) is 0 Å². The standard InChI is InChI=1S/C28H40N4O5S2/c1-7-9-15-31(16-10-8-2)39(34,35)22-13-11-21(12-14-22)27(33)32(18-17-30(3)4)28-29-23-19-24(36-5)25(37-6)20-26(23)38-28/h11-14,19-20H,7-10,15-18H2,1-6H3. The Balaban J connectivity index is 1.93. The normalized spacial score (nSPS) is 11.9. The number of benzene rings is 2. The number of fused-ring (bicyclic) bond motifs is 1. The van der Waals surface area contributed by atoms with E-state index in [1.165, 1.54) is 23.5 Å². The first kappa shape index (κ1) is 30.8. The van der Waals surface area contributed by atoms with E-state index in [0.29, 0.717) is 53.9 Å². The van der Waals surface area contributed by atoms with Gasteiger partial charge in [-0.15, -0.1) is 0 Å². The lowest BCUT2D eigenvalue weighted by atomic mass is 10.2. The Morgan fingerprint density at radius 2 is 1.49 bits per heavy atom. The van der Waals surface area contributed by atoms with E-state index < -0.39 is 10.0 Å². The number of nitrogens with zero attached hydrogens (tertiary/aromatic N) is 4. The Morgan fingerprint density at radius 1 is 0.897 bits per heavy atom.